The summed E-state index contributed by atoms with van der Waals surface area (Å²) in [7, 11) is -5.15. The van der Waals surface area contributed by atoms with Crippen molar-refractivity contribution in [2.45, 2.75) is 68.3 Å². The molecule has 2 aliphatic rings. The minimum absolute atomic E-state index is 0.0693. The van der Waals surface area contributed by atoms with Crippen molar-refractivity contribution in [1.82, 2.24) is 5.32 Å². The summed E-state index contributed by atoms with van der Waals surface area (Å²) in [5.74, 6) is -0.746. The van der Waals surface area contributed by atoms with E-state index in [0.29, 0.717) is 0 Å². The number of ether oxygens (including phenoxy) is 4. The van der Waals surface area contributed by atoms with Crippen LogP contribution in [0.3, 0.4) is 0 Å². The maximum absolute atomic E-state index is 11.7. The second-order valence-electron chi connectivity index (χ2n) is 7.36. The molecule has 0 bridgehead atoms. The molecule has 1 amide bonds. The van der Waals surface area contributed by atoms with E-state index < -0.39 is 90.9 Å². The molecule has 33 heavy (non-hydrogen) atoms. The van der Waals surface area contributed by atoms with Crippen LogP contribution in [0, 0.1) is 0 Å². The Morgan fingerprint density at radius 1 is 1.03 bits per heavy atom. The van der Waals surface area contributed by atoms with E-state index in [1.807, 2.05) is 0 Å². The number of aliphatic hydroxyl groups is 5. The summed E-state index contributed by atoms with van der Waals surface area (Å²) in [4.78, 5) is 11.7. The molecule has 16 heteroatoms. The Bertz CT molecular complexity index is 765. The van der Waals surface area contributed by atoms with Crippen LogP contribution in [0.5, 0.6) is 0 Å². The third-order valence-electron chi connectivity index (χ3n) is 4.95. The highest BCUT2D eigenvalue weighted by atomic mass is 32.3. The Kier molecular flexibility index (Phi) is 10.1. The zero-order valence-electron chi connectivity index (χ0n) is 17.5. The lowest BCUT2D eigenvalue weighted by Crippen LogP contribution is -2.68. The molecular formula is C17H29NO14S. The van der Waals surface area contributed by atoms with Gasteiger partial charge in [0.25, 0.3) is 0 Å². The number of carbonyl (C=O) groups is 1. The summed E-state index contributed by atoms with van der Waals surface area (Å²) >= 11 is 0. The lowest BCUT2D eigenvalue weighted by Gasteiger charge is -2.47. The van der Waals surface area contributed by atoms with Gasteiger partial charge in [-0.3, -0.25) is 9.35 Å². The van der Waals surface area contributed by atoms with Crippen molar-refractivity contribution < 1.29 is 66.4 Å². The standard InChI is InChI=1S/C17H29NO14S/c1-3-4-28-17-13(24)15(12(23)9(6-20)30-17)31-16-10(18-7(2)21)14(32-33(25,26)27)11(22)8(5-19)29-16/h3,8-17,19-20,22-24H,1,4-6H2,2H3,(H,18,21)(H,25,26,27)/t8-,9+,10-,11-,12-,13+,14-,15-,16+,17-/m1/s1. The van der Waals surface area contributed by atoms with Crippen LogP contribution < -0.4 is 5.32 Å². The van der Waals surface area contributed by atoms with Gasteiger partial charge in [0.15, 0.2) is 12.6 Å². The van der Waals surface area contributed by atoms with Gasteiger partial charge in [0, 0.05) is 6.92 Å². The van der Waals surface area contributed by atoms with Crippen LogP contribution in [-0.4, -0.2) is 126 Å². The molecule has 2 rings (SSSR count). The predicted molar refractivity (Wildman–Crippen MR) is 105 cm³/mol. The minimum Gasteiger partial charge on any atom is -0.394 e. The first-order valence-electron chi connectivity index (χ1n) is 9.81. The van der Waals surface area contributed by atoms with Gasteiger partial charge in [-0.15, -0.1) is 6.58 Å². The van der Waals surface area contributed by atoms with E-state index >= 15 is 0 Å². The van der Waals surface area contributed by atoms with Gasteiger partial charge in [0.1, 0.15) is 48.8 Å². The molecule has 0 aromatic heterocycles. The van der Waals surface area contributed by atoms with Crippen molar-refractivity contribution >= 4 is 16.3 Å². The number of carbonyl (C=O) groups excluding carboxylic acids is 1. The Morgan fingerprint density at radius 2 is 1.58 bits per heavy atom. The lowest BCUT2D eigenvalue weighted by atomic mass is 9.95. The molecule has 0 spiro atoms. The Morgan fingerprint density at radius 3 is 2.06 bits per heavy atom. The van der Waals surface area contributed by atoms with Gasteiger partial charge in [-0.05, 0) is 0 Å². The van der Waals surface area contributed by atoms with E-state index in [9.17, 15) is 38.7 Å². The number of hydrogen-bond donors (Lipinski definition) is 7. The van der Waals surface area contributed by atoms with E-state index in [2.05, 4.69) is 16.1 Å². The van der Waals surface area contributed by atoms with Crippen LogP contribution in [0.1, 0.15) is 6.92 Å². The Hall–Kier alpha value is -1.28. The zero-order valence-corrected chi connectivity index (χ0v) is 18.4. The highest BCUT2D eigenvalue weighted by Crippen LogP contribution is 2.31. The molecule has 2 saturated heterocycles. The SMILES string of the molecule is C=CCO[C@@H]1O[C@@H](CO)[C@@H](O)[C@@H](O[C@@H]2O[C@H](CO)[C@@H](O)[C@H](OS(=O)(=O)O)[C@H]2NC(C)=O)[C@@H]1O. The Labute approximate surface area is 189 Å². The van der Waals surface area contributed by atoms with Crippen molar-refractivity contribution in [1.29, 1.82) is 0 Å². The van der Waals surface area contributed by atoms with Crippen LogP contribution in [-0.2, 0) is 38.3 Å². The fraction of sp³-hybridized carbons (Fsp3) is 0.824. The van der Waals surface area contributed by atoms with Crippen LogP contribution in [0.4, 0.5) is 0 Å². The van der Waals surface area contributed by atoms with Crippen LogP contribution >= 0.6 is 0 Å². The first-order chi connectivity index (χ1) is 15.4. The van der Waals surface area contributed by atoms with Gasteiger partial charge >= 0.3 is 10.4 Å². The van der Waals surface area contributed by atoms with Gasteiger partial charge < -0.3 is 49.8 Å². The van der Waals surface area contributed by atoms with Crippen molar-refractivity contribution in [2.75, 3.05) is 19.8 Å². The highest BCUT2D eigenvalue weighted by Gasteiger charge is 2.53. The quantitative estimate of drug-likeness (QED) is 0.111. The van der Waals surface area contributed by atoms with E-state index in [-0.39, 0.29) is 6.61 Å². The van der Waals surface area contributed by atoms with Crippen LogP contribution in [0.25, 0.3) is 0 Å². The molecule has 0 aliphatic carbocycles. The average Bonchev–Trinajstić information content (AvgIpc) is 2.73. The summed E-state index contributed by atoms with van der Waals surface area (Å²) in [6.45, 7) is 2.87. The third-order valence-corrected chi connectivity index (χ3v) is 5.41. The predicted octanol–water partition coefficient (Wildman–Crippen LogP) is -4.22. The first-order valence-corrected chi connectivity index (χ1v) is 11.2. The molecule has 192 valence electrons. The van der Waals surface area contributed by atoms with E-state index in [1.165, 1.54) is 6.08 Å². The van der Waals surface area contributed by atoms with Crippen LogP contribution in [0.2, 0.25) is 0 Å². The zero-order chi connectivity index (χ0) is 24.9. The maximum atomic E-state index is 11.7. The maximum Gasteiger partial charge on any atom is 0.397 e. The molecule has 0 aromatic carbocycles. The fourth-order valence-corrected chi connectivity index (χ4v) is 4.01. The monoisotopic (exact) mass is 503 g/mol. The van der Waals surface area contributed by atoms with E-state index in [0.717, 1.165) is 6.92 Å². The molecule has 0 saturated carbocycles. The molecule has 15 nitrogen and oxygen atoms in total. The Balaban J connectivity index is 2.37. The number of aliphatic hydroxyl groups excluding tert-OH is 5. The van der Waals surface area contributed by atoms with Gasteiger partial charge in [-0.25, -0.2) is 4.18 Å². The molecule has 10 atom stereocenters. The molecule has 2 heterocycles. The smallest absolute Gasteiger partial charge is 0.394 e. The summed E-state index contributed by atoms with van der Waals surface area (Å²) in [6, 6.07) is -1.61. The second kappa shape index (κ2) is 11.9. The summed E-state index contributed by atoms with van der Waals surface area (Å²) in [6.07, 6.45) is -13.2. The summed E-state index contributed by atoms with van der Waals surface area (Å²) < 4.78 is 57.8. The number of rotatable bonds is 10. The van der Waals surface area contributed by atoms with Gasteiger partial charge in [-0.1, -0.05) is 6.08 Å². The van der Waals surface area contributed by atoms with Crippen molar-refractivity contribution in [3.8, 4) is 0 Å². The van der Waals surface area contributed by atoms with Gasteiger partial charge in [-0.2, -0.15) is 8.42 Å². The lowest BCUT2D eigenvalue weighted by molar-refractivity contribution is -0.345. The first kappa shape index (κ1) is 28.0. The molecule has 0 unspecified atom stereocenters. The van der Waals surface area contributed by atoms with Crippen molar-refractivity contribution in [3.05, 3.63) is 12.7 Å². The third kappa shape index (κ3) is 7.10. The van der Waals surface area contributed by atoms with Gasteiger partial charge in [0.2, 0.25) is 5.91 Å². The van der Waals surface area contributed by atoms with Crippen molar-refractivity contribution in [2.24, 2.45) is 0 Å². The minimum atomic E-state index is -5.15. The second-order valence-corrected chi connectivity index (χ2v) is 8.41. The highest BCUT2D eigenvalue weighted by molar-refractivity contribution is 7.80. The molecule has 0 radical (unpaired) electrons. The fourth-order valence-electron chi connectivity index (χ4n) is 3.50. The molecule has 7 N–H and O–H groups in total. The van der Waals surface area contributed by atoms with Gasteiger partial charge in [0.05, 0.1) is 19.8 Å². The van der Waals surface area contributed by atoms with Crippen molar-refractivity contribution in [3.63, 3.8) is 0 Å². The average molecular weight is 503 g/mol. The molecule has 0 aromatic rings. The molecule has 2 fully saturated rings. The molecule has 2 aliphatic heterocycles. The topological polar surface area (TPSA) is 231 Å². The summed E-state index contributed by atoms with van der Waals surface area (Å²) in [5.41, 5.74) is 0. The van der Waals surface area contributed by atoms with Crippen LogP contribution in [0.15, 0.2) is 12.7 Å². The number of amides is 1. The molecular weight excluding hydrogens is 474 g/mol. The van der Waals surface area contributed by atoms with E-state index in [4.69, 9.17) is 23.5 Å². The summed E-state index contributed by atoms with van der Waals surface area (Å²) in [5, 5.41) is 52.7. The normalized spacial score (nSPS) is 39.7. The van der Waals surface area contributed by atoms with E-state index in [1.54, 1.807) is 0 Å². The number of nitrogens with one attached hydrogen (secondary N) is 1. The largest absolute Gasteiger partial charge is 0.397 e. The number of hydrogen-bond acceptors (Lipinski definition) is 13.